The summed E-state index contributed by atoms with van der Waals surface area (Å²) in [7, 11) is 2.11. The molecule has 5 nitrogen and oxygen atoms in total. The fourth-order valence-electron chi connectivity index (χ4n) is 4.56. The fraction of sp³-hybridized carbons (Fsp3) is 0.440. The molecule has 0 saturated carbocycles. The average Bonchev–Trinajstić information content (AvgIpc) is 3.18. The monoisotopic (exact) mass is 494 g/mol. The number of hydrogen-bond donors (Lipinski definition) is 1. The topological polar surface area (TPSA) is 50.3 Å². The molecule has 1 aromatic heterocycles. The van der Waals surface area contributed by atoms with Crippen LogP contribution in [0.15, 0.2) is 36.4 Å². The maximum absolute atomic E-state index is 13.4. The lowest BCUT2D eigenvalue weighted by atomic mass is 9.97. The number of fused-ring (bicyclic) bond motifs is 1. The predicted octanol–water partition coefficient (Wildman–Crippen LogP) is 6.33. The number of hydrogen-bond acceptors (Lipinski definition) is 5. The van der Waals surface area contributed by atoms with E-state index in [0.717, 1.165) is 41.2 Å². The van der Waals surface area contributed by atoms with Crippen molar-refractivity contribution >= 4 is 29.0 Å². The van der Waals surface area contributed by atoms with Crippen LogP contribution in [-0.2, 0) is 6.18 Å². The molecule has 2 aromatic carbocycles. The van der Waals surface area contributed by atoms with E-state index in [4.69, 9.17) is 4.74 Å². The van der Waals surface area contributed by atoms with Crippen molar-refractivity contribution in [1.29, 1.82) is 0 Å². The maximum Gasteiger partial charge on any atom is 0.416 e. The summed E-state index contributed by atoms with van der Waals surface area (Å²) in [5.74, 6) is 1.25. The minimum absolute atomic E-state index is 0. The van der Waals surface area contributed by atoms with Crippen molar-refractivity contribution in [2.24, 2.45) is 0 Å². The molecule has 4 rings (SSSR count). The van der Waals surface area contributed by atoms with Gasteiger partial charge in [0, 0.05) is 16.8 Å². The van der Waals surface area contributed by atoms with Crippen LogP contribution in [0, 0.1) is 13.8 Å². The maximum atomic E-state index is 13.4. The molecule has 1 saturated heterocycles. The standard InChI is InChI=1S/C25H29F3N4O.ClH/c1-15-20(8-5-9-23(15)25(26,27)28)16(2)29-24-22-13-19(10-11-21(22)17(3)30-31-24)33-14-18-7-6-12-32(18)4;/h5,8-11,13,16,18H,6-7,12,14H2,1-4H3,(H,29,31);1H/t16-,18?;/m1./s1. The van der Waals surface area contributed by atoms with E-state index in [-0.39, 0.29) is 18.0 Å². The Morgan fingerprint density at radius 1 is 1.15 bits per heavy atom. The number of rotatable bonds is 6. The highest BCUT2D eigenvalue weighted by molar-refractivity contribution is 5.94. The van der Waals surface area contributed by atoms with E-state index in [1.54, 1.807) is 6.07 Å². The Bertz CT molecular complexity index is 1150. The van der Waals surface area contributed by atoms with E-state index in [1.165, 1.54) is 19.4 Å². The molecule has 1 unspecified atom stereocenters. The Morgan fingerprint density at radius 3 is 2.59 bits per heavy atom. The third-order valence-electron chi connectivity index (χ3n) is 6.55. The Kier molecular flexibility index (Phi) is 7.93. The third kappa shape index (κ3) is 5.39. The van der Waals surface area contributed by atoms with Crippen LogP contribution in [0.2, 0.25) is 0 Å². The lowest BCUT2D eigenvalue weighted by Gasteiger charge is -2.21. The van der Waals surface area contributed by atoms with Crippen molar-refractivity contribution in [3.8, 4) is 5.75 Å². The second-order valence-corrected chi connectivity index (χ2v) is 8.81. The van der Waals surface area contributed by atoms with Gasteiger partial charge in [0.05, 0.1) is 17.3 Å². The molecule has 0 aliphatic carbocycles. The van der Waals surface area contributed by atoms with Crippen LogP contribution < -0.4 is 10.1 Å². The van der Waals surface area contributed by atoms with Crippen molar-refractivity contribution in [3.05, 3.63) is 58.8 Å². The van der Waals surface area contributed by atoms with Crippen LogP contribution in [0.5, 0.6) is 5.75 Å². The number of likely N-dealkylation sites (N-methyl/N-ethyl adjacent to an activating group) is 1. The number of aromatic nitrogens is 2. The first kappa shape index (κ1) is 26.0. The highest BCUT2D eigenvalue weighted by Gasteiger charge is 2.33. The zero-order chi connectivity index (χ0) is 23.8. The highest BCUT2D eigenvalue weighted by Crippen LogP contribution is 2.36. The van der Waals surface area contributed by atoms with E-state index in [1.807, 2.05) is 32.0 Å². The molecule has 0 amide bonds. The number of alkyl halides is 3. The van der Waals surface area contributed by atoms with Crippen molar-refractivity contribution in [3.63, 3.8) is 0 Å². The van der Waals surface area contributed by atoms with Crippen molar-refractivity contribution in [2.45, 2.75) is 51.9 Å². The number of ether oxygens (including phenoxy) is 1. The van der Waals surface area contributed by atoms with E-state index >= 15 is 0 Å². The van der Waals surface area contributed by atoms with Gasteiger partial charge in [0.1, 0.15) is 12.4 Å². The zero-order valence-electron chi connectivity index (χ0n) is 19.7. The molecule has 1 aliphatic rings. The molecule has 0 radical (unpaired) electrons. The first-order valence-corrected chi connectivity index (χ1v) is 11.2. The van der Waals surface area contributed by atoms with Crippen LogP contribution in [-0.4, -0.2) is 41.3 Å². The molecular weight excluding hydrogens is 465 g/mol. The van der Waals surface area contributed by atoms with Crippen LogP contribution in [0.3, 0.4) is 0 Å². The molecule has 1 N–H and O–H groups in total. The van der Waals surface area contributed by atoms with Gasteiger partial charge in [0.25, 0.3) is 0 Å². The quantitative estimate of drug-likeness (QED) is 0.433. The summed E-state index contributed by atoms with van der Waals surface area (Å²) in [5.41, 5.74) is 0.928. The van der Waals surface area contributed by atoms with Gasteiger partial charge in [0.15, 0.2) is 5.82 Å². The van der Waals surface area contributed by atoms with Crippen LogP contribution in [0.1, 0.15) is 48.2 Å². The SMILES string of the molecule is Cc1c([C@@H](C)Nc2nnc(C)c3ccc(OCC4CCCN4C)cc23)cccc1C(F)(F)F.Cl. The minimum Gasteiger partial charge on any atom is -0.492 e. The minimum atomic E-state index is -4.39. The number of aryl methyl sites for hydroxylation is 1. The average molecular weight is 495 g/mol. The predicted molar refractivity (Wildman–Crippen MR) is 131 cm³/mol. The summed E-state index contributed by atoms with van der Waals surface area (Å²) in [6, 6.07) is 10.1. The van der Waals surface area contributed by atoms with Crippen LogP contribution in [0.25, 0.3) is 10.8 Å². The molecule has 0 bridgehead atoms. The number of nitrogens with one attached hydrogen (secondary N) is 1. The van der Waals surface area contributed by atoms with E-state index < -0.39 is 17.8 Å². The normalized spacial score (nSPS) is 17.4. The smallest absolute Gasteiger partial charge is 0.416 e. The molecule has 2 atom stereocenters. The van der Waals surface area contributed by atoms with Crippen molar-refractivity contribution in [1.82, 2.24) is 15.1 Å². The Balaban J connectivity index is 0.00000324. The van der Waals surface area contributed by atoms with Gasteiger partial charge in [-0.2, -0.15) is 18.3 Å². The number of halogens is 4. The number of benzene rings is 2. The second kappa shape index (κ2) is 10.4. The van der Waals surface area contributed by atoms with Gasteiger partial charge in [0.2, 0.25) is 0 Å². The van der Waals surface area contributed by atoms with Gasteiger partial charge < -0.3 is 15.0 Å². The first-order chi connectivity index (χ1) is 15.6. The highest BCUT2D eigenvalue weighted by atomic mass is 35.5. The first-order valence-electron chi connectivity index (χ1n) is 11.2. The van der Waals surface area contributed by atoms with Crippen LogP contribution >= 0.6 is 12.4 Å². The second-order valence-electron chi connectivity index (χ2n) is 8.81. The molecule has 184 valence electrons. The molecule has 1 fully saturated rings. The van der Waals surface area contributed by atoms with Crippen molar-refractivity contribution < 1.29 is 17.9 Å². The summed E-state index contributed by atoms with van der Waals surface area (Å²) in [6.45, 7) is 6.91. The molecule has 0 spiro atoms. The molecule has 2 heterocycles. The number of nitrogens with zero attached hydrogens (tertiary/aromatic N) is 3. The van der Waals surface area contributed by atoms with Gasteiger partial charge in [-0.15, -0.1) is 17.5 Å². The van der Waals surface area contributed by atoms with Gasteiger partial charge in [-0.1, -0.05) is 12.1 Å². The van der Waals surface area contributed by atoms with Crippen LogP contribution in [0.4, 0.5) is 19.0 Å². The molecule has 3 aromatic rings. The molecule has 1 aliphatic heterocycles. The number of likely N-dealkylation sites (tertiary alicyclic amines) is 1. The molecular formula is C25H30ClF3N4O. The van der Waals surface area contributed by atoms with Gasteiger partial charge >= 0.3 is 6.18 Å². The van der Waals surface area contributed by atoms with E-state index in [0.29, 0.717) is 24.0 Å². The number of anilines is 1. The zero-order valence-corrected chi connectivity index (χ0v) is 20.6. The largest absolute Gasteiger partial charge is 0.492 e. The Labute approximate surface area is 204 Å². The third-order valence-corrected chi connectivity index (χ3v) is 6.55. The summed E-state index contributed by atoms with van der Waals surface area (Å²) in [6.07, 6.45) is -2.09. The summed E-state index contributed by atoms with van der Waals surface area (Å²) in [5, 5.41) is 13.6. The Hall–Kier alpha value is -2.58. The summed E-state index contributed by atoms with van der Waals surface area (Å²) in [4.78, 5) is 2.31. The summed E-state index contributed by atoms with van der Waals surface area (Å²) < 4.78 is 46.2. The summed E-state index contributed by atoms with van der Waals surface area (Å²) >= 11 is 0. The lowest BCUT2D eigenvalue weighted by Crippen LogP contribution is -2.30. The van der Waals surface area contributed by atoms with Gasteiger partial charge in [-0.3, -0.25) is 0 Å². The molecule has 9 heteroatoms. The van der Waals surface area contributed by atoms with E-state index in [9.17, 15) is 13.2 Å². The fourth-order valence-corrected chi connectivity index (χ4v) is 4.56. The Morgan fingerprint density at radius 2 is 1.91 bits per heavy atom. The van der Waals surface area contributed by atoms with Gasteiger partial charge in [-0.25, -0.2) is 0 Å². The molecule has 34 heavy (non-hydrogen) atoms. The van der Waals surface area contributed by atoms with Crippen molar-refractivity contribution in [2.75, 3.05) is 25.5 Å². The van der Waals surface area contributed by atoms with Gasteiger partial charge in [-0.05, 0) is 82.6 Å². The van der Waals surface area contributed by atoms with E-state index in [2.05, 4.69) is 27.5 Å². The lowest BCUT2D eigenvalue weighted by molar-refractivity contribution is -0.138.